The Balaban J connectivity index is 2.07. The molecule has 0 aromatic heterocycles. The van der Waals surface area contributed by atoms with Gasteiger partial charge >= 0.3 is 5.97 Å². The molecule has 0 spiro atoms. The zero-order valence-electron chi connectivity index (χ0n) is 20.4. The summed E-state index contributed by atoms with van der Waals surface area (Å²) in [4.78, 5) is 25.1. The van der Waals surface area contributed by atoms with Gasteiger partial charge in [0.15, 0.2) is 11.5 Å². The fraction of sp³-hybridized carbons (Fsp3) is 0.286. The minimum absolute atomic E-state index is 0.153. The van der Waals surface area contributed by atoms with Crippen LogP contribution in [0.3, 0.4) is 0 Å². The molecular weight excluding hydrogens is 576 g/mol. The standard InChI is InChI=1S/C28H28Br2O5/c1-16(2)20-14-25(21(15-24(20)33-4)27(32)19-8-6-7-17(3)11-19)35-28-22(29)12-18(13-23(28)30)9-10-26(31)34-5/h6-8,11-16H,9-10H2,1-5H3. The number of ether oxygens (including phenoxy) is 3. The molecule has 0 aliphatic heterocycles. The highest BCUT2D eigenvalue weighted by molar-refractivity contribution is 9.11. The number of rotatable bonds is 9. The van der Waals surface area contributed by atoms with Crippen LogP contribution in [0.15, 0.2) is 57.5 Å². The number of hydrogen-bond donors (Lipinski definition) is 0. The third-order valence-electron chi connectivity index (χ3n) is 5.59. The molecule has 3 aromatic carbocycles. The smallest absolute Gasteiger partial charge is 0.305 e. The molecule has 3 aromatic rings. The minimum Gasteiger partial charge on any atom is -0.496 e. The molecule has 7 heteroatoms. The number of ketones is 1. The fourth-order valence-electron chi connectivity index (χ4n) is 3.72. The van der Waals surface area contributed by atoms with Crippen LogP contribution < -0.4 is 9.47 Å². The average molecular weight is 604 g/mol. The Bertz CT molecular complexity index is 1230. The van der Waals surface area contributed by atoms with Crippen molar-refractivity contribution in [3.63, 3.8) is 0 Å². The van der Waals surface area contributed by atoms with Crippen molar-refractivity contribution in [1.82, 2.24) is 0 Å². The number of methoxy groups -OCH3 is 2. The molecule has 35 heavy (non-hydrogen) atoms. The molecule has 3 rings (SSSR count). The Morgan fingerprint density at radius 3 is 2.20 bits per heavy atom. The third kappa shape index (κ3) is 6.53. The lowest BCUT2D eigenvalue weighted by atomic mass is 9.95. The van der Waals surface area contributed by atoms with E-state index in [4.69, 9.17) is 14.2 Å². The fourth-order valence-corrected chi connectivity index (χ4v) is 5.16. The van der Waals surface area contributed by atoms with Gasteiger partial charge in [0.1, 0.15) is 11.5 Å². The summed E-state index contributed by atoms with van der Waals surface area (Å²) in [6.07, 6.45) is 0.808. The zero-order chi connectivity index (χ0) is 25.7. The first kappa shape index (κ1) is 27.0. The Morgan fingerprint density at radius 2 is 1.63 bits per heavy atom. The third-order valence-corrected chi connectivity index (χ3v) is 6.77. The first-order chi connectivity index (χ1) is 16.6. The number of carbonyl (C=O) groups excluding carboxylic acids is 2. The highest BCUT2D eigenvalue weighted by Gasteiger charge is 2.22. The molecule has 0 fully saturated rings. The van der Waals surface area contributed by atoms with E-state index in [0.717, 1.165) is 16.7 Å². The average Bonchev–Trinajstić information content (AvgIpc) is 2.83. The van der Waals surface area contributed by atoms with E-state index in [-0.39, 0.29) is 24.1 Å². The maximum absolute atomic E-state index is 13.6. The number of benzene rings is 3. The van der Waals surface area contributed by atoms with Crippen LogP contribution in [0.25, 0.3) is 0 Å². The summed E-state index contributed by atoms with van der Waals surface area (Å²) < 4.78 is 18.1. The summed E-state index contributed by atoms with van der Waals surface area (Å²) in [5, 5.41) is 0. The number of carbonyl (C=O) groups is 2. The quantitative estimate of drug-likeness (QED) is 0.185. The molecule has 0 radical (unpaired) electrons. The van der Waals surface area contributed by atoms with Crippen molar-refractivity contribution in [2.75, 3.05) is 14.2 Å². The van der Waals surface area contributed by atoms with Gasteiger partial charge in [-0.15, -0.1) is 0 Å². The van der Waals surface area contributed by atoms with Crippen molar-refractivity contribution >= 4 is 43.6 Å². The molecular formula is C28H28Br2O5. The van der Waals surface area contributed by atoms with Gasteiger partial charge < -0.3 is 14.2 Å². The molecule has 0 aliphatic rings. The first-order valence-electron chi connectivity index (χ1n) is 11.2. The number of hydrogen-bond acceptors (Lipinski definition) is 5. The van der Waals surface area contributed by atoms with Crippen molar-refractivity contribution in [1.29, 1.82) is 0 Å². The van der Waals surface area contributed by atoms with Crippen LogP contribution in [0.1, 0.15) is 58.8 Å². The highest BCUT2D eigenvalue weighted by Crippen LogP contribution is 2.42. The maximum Gasteiger partial charge on any atom is 0.305 e. The van der Waals surface area contributed by atoms with E-state index in [2.05, 4.69) is 45.7 Å². The molecule has 0 amide bonds. The molecule has 0 saturated heterocycles. The molecule has 0 unspecified atom stereocenters. The van der Waals surface area contributed by atoms with Crippen molar-refractivity contribution in [3.8, 4) is 17.2 Å². The zero-order valence-corrected chi connectivity index (χ0v) is 23.6. The van der Waals surface area contributed by atoms with Crippen LogP contribution in [0, 0.1) is 6.92 Å². The number of halogens is 2. The molecule has 0 bridgehead atoms. The molecule has 0 atom stereocenters. The highest BCUT2D eigenvalue weighted by atomic mass is 79.9. The Morgan fingerprint density at radius 1 is 0.943 bits per heavy atom. The van der Waals surface area contributed by atoms with E-state index in [0.29, 0.717) is 43.7 Å². The van der Waals surface area contributed by atoms with Gasteiger partial charge in [-0.2, -0.15) is 0 Å². The van der Waals surface area contributed by atoms with Crippen molar-refractivity contribution in [2.24, 2.45) is 0 Å². The van der Waals surface area contributed by atoms with E-state index >= 15 is 0 Å². The van der Waals surface area contributed by atoms with Crippen molar-refractivity contribution in [2.45, 2.75) is 39.5 Å². The monoisotopic (exact) mass is 602 g/mol. The summed E-state index contributed by atoms with van der Waals surface area (Å²) in [7, 11) is 2.98. The molecule has 0 heterocycles. The molecule has 0 saturated carbocycles. The number of esters is 1. The van der Waals surface area contributed by atoms with Gasteiger partial charge in [0.05, 0.1) is 28.7 Å². The summed E-state index contributed by atoms with van der Waals surface area (Å²) >= 11 is 7.18. The molecule has 0 aliphatic carbocycles. The Labute approximate surface area is 223 Å². The Kier molecular flexibility index (Phi) is 9.14. The minimum atomic E-state index is -0.267. The van der Waals surface area contributed by atoms with Crippen LogP contribution in [0.5, 0.6) is 17.2 Å². The molecule has 184 valence electrons. The van der Waals surface area contributed by atoms with Gasteiger partial charge in [-0.3, -0.25) is 9.59 Å². The first-order valence-corrected chi connectivity index (χ1v) is 12.8. The van der Waals surface area contributed by atoms with Crippen LogP contribution in [0.2, 0.25) is 0 Å². The maximum atomic E-state index is 13.6. The SMILES string of the molecule is COC(=O)CCc1cc(Br)c(Oc2cc(C(C)C)c(OC)cc2C(=O)c2cccc(C)c2)c(Br)c1. The summed E-state index contributed by atoms with van der Waals surface area (Å²) in [6.45, 7) is 6.07. The Hall–Kier alpha value is -2.64. The van der Waals surface area contributed by atoms with E-state index in [1.807, 2.05) is 43.3 Å². The second-order valence-electron chi connectivity index (χ2n) is 8.51. The van der Waals surface area contributed by atoms with Gasteiger partial charge in [0.2, 0.25) is 0 Å². The topological polar surface area (TPSA) is 61.8 Å². The van der Waals surface area contributed by atoms with Crippen LogP contribution >= 0.6 is 31.9 Å². The van der Waals surface area contributed by atoms with Crippen LogP contribution in [-0.2, 0) is 16.0 Å². The largest absolute Gasteiger partial charge is 0.496 e. The van der Waals surface area contributed by atoms with Crippen molar-refractivity contribution < 1.29 is 23.8 Å². The van der Waals surface area contributed by atoms with E-state index in [1.165, 1.54) is 7.11 Å². The summed E-state index contributed by atoms with van der Waals surface area (Å²) in [5.74, 6) is 1.34. The lowest BCUT2D eigenvalue weighted by Gasteiger charge is -2.19. The normalized spacial score (nSPS) is 10.9. The second-order valence-corrected chi connectivity index (χ2v) is 10.2. The predicted molar refractivity (Wildman–Crippen MR) is 144 cm³/mol. The van der Waals surface area contributed by atoms with E-state index < -0.39 is 0 Å². The van der Waals surface area contributed by atoms with E-state index in [1.54, 1.807) is 19.2 Å². The van der Waals surface area contributed by atoms with Crippen LogP contribution in [0.4, 0.5) is 0 Å². The van der Waals surface area contributed by atoms with Gasteiger partial charge in [0, 0.05) is 17.5 Å². The van der Waals surface area contributed by atoms with Gasteiger partial charge in [-0.25, -0.2) is 0 Å². The number of aryl methyl sites for hydroxylation is 2. The van der Waals surface area contributed by atoms with Crippen LogP contribution in [-0.4, -0.2) is 26.0 Å². The molecule has 0 N–H and O–H groups in total. The van der Waals surface area contributed by atoms with Gasteiger partial charge in [-0.1, -0.05) is 37.6 Å². The predicted octanol–water partition coefficient (Wildman–Crippen LogP) is 7.78. The van der Waals surface area contributed by atoms with Gasteiger partial charge in [0.25, 0.3) is 0 Å². The second kappa shape index (κ2) is 11.9. The summed E-state index contributed by atoms with van der Waals surface area (Å²) in [5.41, 5.74) is 3.86. The molecule has 5 nitrogen and oxygen atoms in total. The van der Waals surface area contributed by atoms with E-state index in [9.17, 15) is 9.59 Å². The van der Waals surface area contributed by atoms with Gasteiger partial charge in [-0.05, 0) is 87.0 Å². The lowest BCUT2D eigenvalue weighted by molar-refractivity contribution is -0.140. The summed E-state index contributed by atoms with van der Waals surface area (Å²) in [6, 6.07) is 14.9. The lowest BCUT2D eigenvalue weighted by Crippen LogP contribution is -2.07. The van der Waals surface area contributed by atoms with Crippen molar-refractivity contribution in [3.05, 3.63) is 85.3 Å².